The van der Waals surface area contributed by atoms with Gasteiger partial charge in [0.25, 0.3) is 5.91 Å². The van der Waals surface area contributed by atoms with Crippen LogP contribution in [0.5, 0.6) is 0 Å². The third-order valence-corrected chi connectivity index (χ3v) is 4.33. The molecule has 1 aliphatic carbocycles. The van der Waals surface area contributed by atoms with Gasteiger partial charge >= 0.3 is 0 Å². The molecule has 1 saturated carbocycles. The molecule has 1 fully saturated rings. The summed E-state index contributed by atoms with van der Waals surface area (Å²) in [6.07, 6.45) is 5.74. The van der Waals surface area contributed by atoms with E-state index in [2.05, 4.69) is 10.4 Å². The molecular weight excluding hydrogens is 302 g/mol. The number of benzene rings is 1. The van der Waals surface area contributed by atoms with Gasteiger partial charge in [0, 0.05) is 23.7 Å². The van der Waals surface area contributed by atoms with E-state index in [0.717, 1.165) is 24.9 Å². The smallest absolute Gasteiger partial charge is 0.254 e. The Hall–Kier alpha value is -1.85. The van der Waals surface area contributed by atoms with Crippen LogP contribution in [0.25, 0.3) is 5.69 Å². The second-order valence-electron chi connectivity index (χ2n) is 5.62. The number of amides is 1. The maximum Gasteiger partial charge on any atom is 0.254 e. The van der Waals surface area contributed by atoms with Gasteiger partial charge in [-0.3, -0.25) is 4.79 Å². The number of nitrogens with zero attached hydrogens (tertiary/aromatic N) is 2. The number of aliphatic hydroxyl groups is 1. The van der Waals surface area contributed by atoms with Gasteiger partial charge in [-0.25, -0.2) is 4.68 Å². The summed E-state index contributed by atoms with van der Waals surface area (Å²) >= 11 is 5.86. The highest BCUT2D eigenvalue weighted by atomic mass is 35.5. The molecule has 0 radical (unpaired) electrons. The van der Waals surface area contributed by atoms with Gasteiger partial charge in [-0.1, -0.05) is 18.0 Å². The van der Waals surface area contributed by atoms with Crippen molar-refractivity contribution in [2.75, 3.05) is 6.54 Å². The second kappa shape index (κ2) is 6.50. The molecule has 0 spiro atoms. The Labute approximate surface area is 133 Å². The van der Waals surface area contributed by atoms with E-state index in [1.807, 2.05) is 12.1 Å². The van der Waals surface area contributed by atoms with Crippen molar-refractivity contribution in [3.8, 4) is 5.69 Å². The van der Waals surface area contributed by atoms with Crippen molar-refractivity contribution < 1.29 is 9.90 Å². The monoisotopic (exact) mass is 319 g/mol. The van der Waals surface area contributed by atoms with Gasteiger partial charge in [0.2, 0.25) is 0 Å². The Morgan fingerprint density at radius 3 is 2.82 bits per heavy atom. The number of halogens is 1. The normalized spacial score (nSPS) is 21.0. The van der Waals surface area contributed by atoms with Crippen LogP contribution in [0.1, 0.15) is 29.6 Å². The third kappa shape index (κ3) is 3.31. The quantitative estimate of drug-likeness (QED) is 0.909. The van der Waals surface area contributed by atoms with E-state index in [-0.39, 0.29) is 17.9 Å². The van der Waals surface area contributed by atoms with Crippen LogP contribution in [0, 0.1) is 5.92 Å². The largest absolute Gasteiger partial charge is 0.393 e. The highest BCUT2D eigenvalue weighted by Crippen LogP contribution is 2.24. The molecule has 2 atom stereocenters. The molecule has 1 amide bonds. The predicted molar refractivity (Wildman–Crippen MR) is 84.3 cm³/mol. The topological polar surface area (TPSA) is 67.2 Å². The van der Waals surface area contributed by atoms with E-state index in [1.165, 1.54) is 6.20 Å². The fourth-order valence-corrected chi connectivity index (χ4v) is 2.88. The number of carbonyl (C=O) groups excluding carboxylic acids is 1. The van der Waals surface area contributed by atoms with E-state index in [1.54, 1.807) is 23.0 Å². The van der Waals surface area contributed by atoms with Crippen molar-refractivity contribution >= 4 is 17.5 Å². The number of hydrogen-bond acceptors (Lipinski definition) is 3. The lowest BCUT2D eigenvalue weighted by atomic mass is 10.1. The van der Waals surface area contributed by atoms with E-state index in [9.17, 15) is 9.90 Å². The highest BCUT2D eigenvalue weighted by molar-refractivity contribution is 6.30. The van der Waals surface area contributed by atoms with Crippen molar-refractivity contribution in [2.45, 2.75) is 25.4 Å². The Balaban J connectivity index is 1.63. The van der Waals surface area contributed by atoms with Gasteiger partial charge in [0.1, 0.15) is 0 Å². The Morgan fingerprint density at radius 2 is 2.14 bits per heavy atom. The van der Waals surface area contributed by atoms with E-state index < -0.39 is 0 Å². The molecule has 0 bridgehead atoms. The fourth-order valence-electron chi connectivity index (χ4n) is 2.76. The van der Waals surface area contributed by atoms with Crippen LogP contribution in [0.4, 0.5) is 0 Å². The van der Waals surface area contributed by atoms with Crippen molar-refractivity contribution in [3.05, 3.63) is 47.2 Å². The maximum absolute atomic E-state index is 12.1. The number of aliphatic hydroxyl groups excluding tert-OH is 1. The van der Waals surface area contributed by atoms with Crippen molar-refractivity contribution in [1.29, 1.82) is 0 Å². The van der Waals surface area contributed by atoms with E-state index in [4.69, 9.17) is 11.6 Å². The number of carbonyl (C=O) groups is 1. The van der Waals surface area contributed by atoms with Crippen molar-refractivity contribution in [1.82, 2.24) is 15.1 Å². The van der Waals surface area contributed by atoms with E-state index >= 15 is 0 Å². The molecule has 6 heteroatoms. The number of hydrogen-bond donors (Lipinski definition) is 2. The van der Waals surface area contributed by atoms with Crippen LogP contribution in [0.15, 0.2) is 36.7 Å². The van der Waals surface area contributed by atoms with Crippen LogP contribution in [-0.4, -0.2) is 33.4 Å². The lowest BCUT2D eigenvalue weighted by molar-refractivity contribution is 0.0917. The average molecular weight is 320 g/mol. The summed E-state index contributed by atoms with van der Waals surface area (Å²) in [5.41, 5.74) is 1.34. The first-order chi connectivity index (χ1) is 10.6. The zero-order chi connectivity index (χ0) is 15.5. The molecule has 5 nitrogen and oxygen atoms in total. The molecule has 0 aliphatic heterocycles. The van der Waals surface area contributed by atoms with Crippen molar-refractivity contribution in [3.63, 3.8) is 0 Å². The number of aromatic nitrogens is 2. The molecule has 1 aromatic heterocycles. The molecule has 116 valence electrons. The number of rotatable bonds is 4. The van der Waals surface area contributed by atoms with E-state index in [0.29, 0.717) is 17.1 Å². The Morgan fingerprint density at radius 1 is 1.36 bits per heavy atom. The minimum Gasteiger partial charge on any atom is -0.393 e. The molecule has 3 rings (SSSR count). The SMILES string of the molecule is O=C(NCC1CCCC1O)c1cnn(-c2ccc(Cl)cc2)c1. The highest BCUT2D eigenvalue weighted by Gasteiger charge is 2.25. The molecule has 1 heterocycles. The zero-order valence-corrected chi connectivity index (χ0v) is 12.8. The van der Waals surface area contributed by atoms with Crippen LogP contribution >= 0.6 is 11.6 Å². The van der Waals surface area contributed by atoms with Gasteiger partial charge in [0.05, 0.1) is 23.6 Å². The summed E-state index contributed by atoms with van der Waals surface area (Å²) in [6, 6.07) is 7.23. The summed E-state index contributed by atoms with van der Waals surface area (Å²) in [5.74, 6) is -0.00502. The lowest BCUT2D eigenvalue weighted by Crippen LogP contribution is -2.32. The van der Waals surface area contributed by atoms with Crippen LogP contribution in [-0.2, 0) is 0 Å². The van der Waals surface area contributed by atoms with Gasteiger partial charge < -0.3 is 10.4 Å². The van der Waals surface area contributed by atoms with Gasteiger partial charge in [-0.15, -0.1) is 0 Å². The first-order valence-electron chi connectivity index (χ1n) is 7.40. The molecule has 2 unspecified atom stereocenters. The Bertz CT molecular complexity index is 654. The van der Waals surface area contributed by atoms with Gasteiger partial charge in [0.15, 0.2) is 0 Å². The molecule has 1 aromatic carbocycles. The predicted octanol–water partition coefficient (Wildman–Crippen LogP) is 2.42. The first-order valence-corrected chi connectivity index (χ1v) is 7.78. The summed E-state index contributed by atoms with van der Waals surface area (Å²) in [7, 11) is 0. The maximum atomic E-state index is 12.1. The van der Waals surface area contributed by atoms with Crippen LogP contribution < -0.4 is 5.32 Å². The minimum absolute atomic E-state index is 0.162. The summed E-state index contributed by atoms with van der Waals surface area (Å²) < 4.78 is 1.63. The second-order valence-corrected chi connectivity index (χ2v) is 6.05. The average Bonchev–Trinajstić information content (AvgIpc) is 3.15. The standard InChI is InChI=1S/C16H18ClN3O2/c17-13-4-6-14(7-5-13)20-10-12(9-19-20)16(22)18-8-11-2-1-3-15(11)21/h4-7,9-11,15,21H,1-3,8H2,(H,18,22). The molecular formula is C16H18ClN3O2. The molecule has 22 heavy (non-hydrogen) atoms. The lowest BCUT2D eigenvalue weighted by Gasteiger charge is -2.14. The van der Waals surface area contributed by atoms with Gasteiger partial charge in [-0.05, 0) is 37.1 Å². The molecule has 1 aliphatic rings. The first kappa shape index (κ1) is 15.1. The fraction of sp³-hybridized carbons (Fsp3) is 0.375. The Kier molecular flexibility index (Phi) is 4.45. The minimum atomic E-state index is -0.294. The third-order valence-electron chi connectivity index (χ3n) is 4.08. The van der Waals surface area contributed by atoms with Crippen molar-refractivity contribution in [2.24, 2.45) is 5.92 Å². The van der Waals surface area contributed by atoms with Crippen LogP contribution in [0.2, 0.25) is 5.02 Å². The number of nitrogens with one attached hydrogen (secondary N) is 1. The molecule has 0 saturated heterocycles. The van der Waals surface area contributed by atoms with Crippen LogP contribution in [0.3, 0.4) is 0 Å². The summed E-state index contributed by atoms with van der Waals surface area (Å²) in [5, 5.41) is 17.5. The van der Waals surface area contributed by atoms with Gasteiger partial charge in [-0.2, -0.15) is 5.10 Å². The summed E-state index contributed by atoms with van der Waals surface area (Å²) in [6.45, 7) is 0.506. The summed E-state index contributed by atoms with van der Waals surface area (Å²) in [4.78, 5) is 12.1. The molecule has 2 N–H and O–H groups in total. The zero-order valence-electron chi connectivity index (χ0n) is 12.1. The molecule has 2 aromatic rings.